The molecule has 2 unspecified atom stereocenters. The second-order valence-electron chi connectivity index (χ2n) is 7.76. The molecule has 0 aliphatic carbocycles. The summed E-state index contributed by atoms with van der Waals surface area (Å²) in [6.07, 6.45) is 2.12. The Morgan fingerprint density at radius 2 is 1.83 bits per heavy atom. The van der Waals surface area contributed by atoms with Gasteiger partial charge in [-0.15, -0.1) is 0 Å². The topological polar surface area (TPSA) is 75.7 Å². The summed E-state index contributed by atoms with van der Waals surface area (Å²) in [7, 11) is -2.11. The lowest BCUT2D eigenvalue weighted by molar-refractivity contribution is -0.126. The summed E-state index contributed by atoms with van der Waals surface area (Å²) in [5.74, 6) is 0.162. The van der Waals surface area contributed by atoms with Crippen LogP contribution in [0.2, 0.25) is 0 Å². The third-order valence-corrected chi connectivity index (χ3v) is 7.54. The summed E-state index contributed by atoms with van der Waals surface area (Å²) < 4.78 is 32.6. The molecule has 1 amide bonds. The number of carbonyl (C=O) groups excluding carboxylic acids is 1. The molecule has 0 saturated carbocycles. The summed E-state index contributed by atoms with van der Waals surface area (Å²) in [6, 6.07) is 14.4. The molecule has 0 spiro atoms. The van der Waals surface area contributed by atoms with Gasteiger partial charge in [0.25, 0.3) is 0 Å². The Labute approximate surface area is 179 Å². The molecule has 1 N–H and O–H groups in total. The maximum Gasteiger partial charge on any atom is 0.243 e. The van der Waals surface area contributed by atoms with Gasteiger partial charge in [0, 0.05) is 13.1 Å². The Morgan fingerprint density at radius 1 is 1.17 bits per heavy atom. The number of ether oxygens (including phenoxy) is 1. The average molecular weight is 431 g/mol. The van der Waals surface area contributed by atoms with Crippen molar-refractivity contribution in [3.63, 3.8) is 0 Å². The molecule has 6 nitrogen and oxygen atoms in total. The zero-order valence-electron chi connectivity index (χ0n) is 17.8. The van der Waals surface area contributed by atoms with E-state index < -0.39 is 10.0 Å². The fourth-order valence-electron chi connectivity index (χ4n) is 3.78. The minimum Gasteiger partial charge on any atom is -0.497 e. The van der Waals surface area contributed by atoms with Crippen LogP contribution in [0.5, 0.6) is 5.75 Å². The molecule has 7 heteroatoms. The first-order chi connectivity index (χ1) is 14.3. The molecule has 2 aromatic carbocycles. The molecule has 1 saturated heterocycles. The van der Waals surface area contributed by atoms with E-state index in [4.69, 9.17) is 4.74 Å². The van der Waals surface area contributed by atoms with Crippen LogP contribution in [0.15, 0.2) is 53.4 Å². The predicted octanol–water partition coefficient (Wildman–Crippen LogP) is 3.67. The van der Waals surface area contributed by atoms with Gasteiger partial charge in [-0.3, -0.25) is 4.79 Å². The van der Waals surface area contributed by atoms with E-state index >= 15 is 0 Å². The first-order valence-corrected chi connectivity index (χ1v) is 11.8. The summed E-state index contributed by atoms with van der Waals surface area (Å²) in [4.78, 5) is 13.2. The van der Waals surface area contributed by atoms with Crippen LogP contribution in [0.4, 0.5) is 0 Å². The van der Waals surface area contributed by atoms with Crippen molar-refractivity contribution in [1.29, 1.82) is 0 Å². The number of hydrogen-bond acceptors (Lipinski definition) is 4. The standard InChI is InChI=1S/C23H30N2O4S/c1-4-22(18-9-7-17(2)8-10-18)24-23(26)19-6-5-15-25(16-19)30(27,28)21-13-11-20(29-3)12-14-21/h7-14,19,22H,4-6,15-16H2,1-3H3,(H,24,26). The second kappa shape index (κ2) is 9.62. The van der Waals surface area contributed by atoms with Crippen molar-refractivity contribution in [2.75, 3.05) is 20.2 Å². The fraction of sp³-hybridized carbons (Fsp3) is 0.435. The van der Waals surface area contributed by atoms with Gasteiger partial charge >= 0.3 is 0 Å². The Balaban J connectivity index is 1.69. The highest BCUT2D eigenvalue weighted by molar-refractivity contribution is 7.89. The minimum atomic E-state index is -3.65. The van der Waals surface area contributed by atoms with Crippen molar-refractivity contribution in [2.24, 2.45) is 5.92 Å². The normalized spacial score (nSPS) is 18.6. The van der Waals surface area contributed by atoms with E-state index in [0.29, 0.717) is 25.1 Å². The summed E-state index contributed by atoms with van der Waals surface area (Å²) in [6.45, 7) is 4.69. The van der Waals surface area contributed by atoms with Crippen molar-refractivity contribution >= 4 is 15.9 Å². The number of nitrogens with one attached hydrogen (secondary N) is 1. The summed E-state index contributed by atoms with van der Waals surface area (Å²) in [5.41, 5.74) is 2.24. The number of piperidine rings is 1. The van der Waals surface area contributed by atoms with Gasteiger partial charge in [-0.05, 0) is 56.0 Å². The van der Waals surface area contributed by atoms with Crippen molar-refractivity contribution in [2.45, 2.75) is 44.0 Å². The molecule has 2 aromatic rings. The average Bonchev–Trinajstić information content (AvgIpc) is 2.78. The van der Waals surface area contributed by atoms with Crippen molar-refractivity contribution in [1.82, 2.24) is 9.62 Å². The molecule has 1 aliphatic heterocycles. The number of methoxy groups -OCH3 is 1. The molecule has 1 heterocycles. The van der Waals surface area contributed by atoms with Gasteiger partial charge in [-0.2, -0.15) is 4.31 Å². The summed E-state index contributed by atoms with van der Waals surface area (Å²) in [5, 5.41) is 3.12. The smallest absolute Gasteiger partial charge is 0.243 e. The SMILES string of the molecule is CCC(NC(=O)C1CCCN(S(=O)(=O)c2ccc(OC)cc2)C1)c1ccc(C)cc1. The number of aryl methyl sites for hydroxylation is 1. The fourth-order valence-corrected chi connectivity index (χ4v) is 5.30. The highest BCUT2D eigenvalue weighted by Gasteiger charge is 2.34. The molecule has 0 aromatic heterocycles. The van der Waals surface area contributed by atoms with Crippen LogP contribution in [0.25, 0.3) is 0 Å². The monoisotopic (exact) mass is 430 g/mol. The Morgan fingerprint density at radius 3 is 2.43 bits per heavy atom. The van der Waals surface area contributed by atoms with E-state index in [1.165, 1.54) is 17.0 Å². The lowest BCUT2D eigenvalue weighted by Crippen LogP contribution is -2.46. The molecule has 2 atom stereocenters. The lowest BCUT2D eigenvalue weighted by Gasteiger charge is -2.32. The minimum absolute atomic E-state index is 0.0772. The van der Waals surface area contributed by atoms with Crippen LogP contribution in [0, 0.1) is 12.8 Å². The number of amides is 1. The number of sulfonamides is 1. The Hall–Kier alpha value is -2.38. The Kier molecular flexibility index (Phi) is 7.15. The van der Waals surface area contributed by atoms with E-state index in [9.17, 15) is 13.2 Å². The first-order valence-electron chi connectivity index (χ1n) is 10.4. The van der Waals surface area contributed by atoms with Gasteiger partial charge in [0.1, 0.15) is 5.75 Å². The molecule has 0 radical (unpaired) electrons. The van der Waals surface area contributed by atoms with Gasteiger partial charge in [0.05, 0.1) is 24.0 Å². The number of rotatable bonds is 7. The van der Waals surface area contributed by atoms with Crippen LogP contribution in [0.1, 0.15) is 43.4 Å². The maximum absolute atomic E-state index is 13.0. The van der Waals surface area contributed by atoms with Crippen molar-refractivity contribution < 1.29 is 17.9 Å². The van der Waals surface area contributed by atoms with Gasteiger partial charge in [-0.1, -0.05) is 36.8 Å². The molecular formula is C23H30N2O4S. The predicted molar refractivity (Wildman–Crippen MR) is 117 cm³/mol. The maximum atomic E-state index is 13.0. The zero-order chi connectivity index (χ0) is 21.7. The molecular weight excluding hydrogens is 400 g/mol. The number of benzene rings is 2. The molecule has 30 heavy (non-hydrogen) atoms. The van der Waals surface area contributed by atoms with E-state index in [1.807, 2.05) is 38.1 Å². The third kappa shape index (κ3) is 5.02. The van der Waals surface area contributed by atoms with Gasteiger partial charge in [0.15, 0.2) is 0 Å². The second-order valence-corrected chi connectivity index (χ2v) is 9.70. The Bertz CT molecular complexity index is 956. The van der Waals surface area contributed by atoms with Gasteiger partial charge < -0.3 is 10.1 Å². The number of hydrogen-bond donors (Lipinski definition) is 1. The quantitative estimate of drug-likeness (QED) is 0.727. The van der Waals surface area contributed by atoms with E-state index in [-0.39, 0.29) is 29.3 Å². The molecule has 162 valence electrons. The van der Waals surface area contributed by atoms with Crippen LogP contribution in [0.3, 0.4) is 0 Å². The summed E-state index contributed by atoms with van der Waals surface area (Å²) >= 11 is 0. The van der Waals surface area contributed by atoms with Crippen LogP contribution < -0.4 is 10.1 Å². The van der Waals surface area contributed by atoms with Crippen LogP contribution in [-0.4, -0.2) is 38.8 Å². The molecule has 1 fully saturated rings. The first kappa shape index (κ1) is 22.3. The lowest BCUT2D eigenvalue weighted by atomic mass is 9.97. The van der Waals surface area contributed by atoms with E-state index in [1.54, 1.807) is 24.3 Å². The van der Waals surface area contributed by atoms with Crippen molar-refractivity contribution in [3.05, 3.63) is 59.7 Å². The van der Waals surface area contributed by atoms with Crippen LogP contribution in [-0.2, 0) is 14.8 Å². The molecule has 1 aliphatic rings. The van der Waals surface area contributed by atoms with Gasteiger partial charge in [0.2, 0.25) is 15.9 Å². The van der Waals surface area contributed by atoms with E-state index in [2.05, 4.69) is 5.32 Å². The van der Waals surface area contributed by atoms with E-state index in [0.717, 1.165) is 12.0 Å². The third-order valence-electron chi connectivity index (χ3n) is 5.66. The van der Waals surface area contributed by atoms with Crippen molar-refractivity contribution in [3.8, 4) is 5.75 Å². The zero-order valence-corrected chi connectivity index (χ0v) is 18.6. The molecule has 3 rings (SSSR count). The number of carbonyl (C=O) groups is 1. The highest BCUT2D eigenvalue weighted by atomic mass is 32.2. The molecule has 0 bridgehead atoms. The largest absolute Gasteiger partial charge is 0.497 e. The van der Waals surface area contributed by atoms with Gasteiger partial charge in [-0.25, -0.2) is 8.42 Å². The highest BCUT2D eigenvalue weighted by Crippen LogP contribution is 2.26. The van der Waals surface area contributed by atoms with Crippen LogP contribution >= 0.6 is 0 Å². The number of nitrogens with zero attached hydrogens (tertiary/aromatic N) is 1.